The summed E-state index contributed by atoms with van der Waals surface area (Å²) in [5.74, 6) is -2.09. The van der Waals surface area contributed by atoms with Gasteiger partial charge in [0, 0.05) is 42.5 Å². The molecule has 2 aromatic carbocycles. The Morgan fingerprint density at radius 2 is 1.65 bits per heavy atom. The maximum absolute atomic E-state index is 14.2. The summed E-state index contributed by atoms with van der Waals surface area (Å²) in [4.78, 5) is 51.1. The molecule has 6 heterocycles. The summed E-state index contributed by atoms with van der Waals surface area (Å²) in [5, 5.41) is 7.25. The van der Waals surface area contributed by atoms with E-state index in [0.29, 0.717) is 40.5 Å². The number of para-hydroxylation sites is 1. The minimum Gasteiger partial charge on any atom is -0.380 e. The first-order valence-electron chi connectivity index (χ1n) is 16.7. The molecular formula is C38H33F2N5O4S2. The number of hydrogen-bond acceptors (Lipinski definition) is 8. The third-order valence-corrected chi connectivity index (χ3v) is 12.0. The van der Waals surface area contributed by atoms with Crippen LogP contribution in [0, 0.1) is 24.0 Å². The predicted molar refractivity (Wildman–Crippen MR) is 195 cm³/mol. The minimum absolute atomic E-state index is 0.194. The van der Waals surface area contributed by atoms with Crippen LogP contribution < -0.4 is 20.4 Å². The van der Waals surface area contributed by atoms with Crippen LogP contribution >= 0.6 is 22.7 Å². The molecule has 0 radical (unpaired) electrons. The van der Waals surface area contributed by atoms with Gasteiger partial charge in [0.15, 0.2) is 0 Å². The van der Waals surface area contributed by atoms with E-state index in [0.717, 1.165) is 77.8 Å². The Bertz CT molecular complexity index is 2150. The van der Waals surface area contributed by atoms with Crippen molar-refractivity contribution in [2.75, 3.05) is 53.3 Å². The fourth-order valence-electron chi connectivity index (χ4n) is 6.86. The van der Waals surface area contributed by atoms with Gasteiger partial charge in [-0.3, -0.25) is 14.4 Å². The number of fused-ring (bicyclic) bond motifs is 3. The van der Waals surface area contributed by atoms with Gasteiger partial charge >= 0.3 is 0 Å². The quantitative estimate of drug-likeness (QED) is 0.185. The highest BCUT2D eigenvalue weighted by Crippen LogP contribution is 2.45. The Morgan fingerprint density at radius 3 is 2.35 bits per heavy atom. The number of hydrogen-bond donors (Lipinski definition) is 2. The third-order valence-electron chi connectivity index (χ3n) is 9.80. The van der Waals surface area contributed by atoms with Crippen LogP contribution in [0.15, 0.2) is 72.2 Å². The average Bonchev–Trinajstić information content (AvgIpc) is 3.74. The van der Waals surface area contributed by atoms with Crippen molar-refractivity contribution in [1.29, 1.82) is 0 Å². The number of amides is 3. The first-order valence-corrected chi connectivity index (χ1v) is 18.4. The molecule has 0 atom stereocenters. The Kier molecular flexibility index (Phi) is 8.65. The van der Waals surface area contributed by atoms with Gasteiger partial charge in [0.1, 0.15) is 23.1 Å². The molecule has 3 aliphatic heterocycles. The fourth-order valence-corrected chi connectivity index (χ4v) is 9.06. The number of thiophene rings is 2. The first-order chi connectivity index (χ1) is 24.7. The molecule has 3 amide bonds. The molecule has 0 saturated carbocycles. The summed E-state index contributed by atoms with van der Waals surface area (Å²) in [6.45, 7) is 5.53. The number of nitrogens with zero attached hydrogens (tertiary/aromatic N) is 3. The van der Waals surface area contributed by atoms with E-state index in [-0.39, 0.29) is 17.2 Å². The predicted octanol–water partition coefficient (Wildman–Crippen LogP) is 7.78. The first kappa shape index (κ1) is 33.2. The van der Waals surface area contributed by atoms with Gasteiger partial charge in [-0.1, -0.05) is 6.07 Å². The van der Waals surface area contributed by atoms with E-state index >= 15 is 0 Å². The van der Waals surface area contributed by atoms with Gasteiger partial charge in [-0.05, 0) is 97.3 Å². The van der Waals surface area contributed by atoms with Gasteiger partial charge in [0.05, 0.1) is 39.1 Å². The minimum atomic E-state index is -0.852. The van der Waals surface area contributed by atoms with Crippen LogP contribution in [0.1, 0.15) is 54.4 Å². The number of aromatic nitrogens is 1. The van der Waals surface area contributed by atoms with E-state index in [1.807, 2.05) is 24.4 Å². The van der Waals surface area contributed by atoms with Gasteiger partial charge in [-0.25, -0.2) is 13.8 Å². The van der Waals surface area contributed by atoms with Gasteiger partial charge in [0.25, 0.3) is 17.7 Å². The number of pyridine rings is 1. The van der Waals surface area contributed by atoms with E-state index in [2.05, 4.69) is 20.5 Å². The molecule has 0 aliphatic carbocycles. The van der Waals surface area contributed by atoms with Crippen molar-refractivity contribution in [2.45, 2.75) is 26.2 Å². The number of aryl methyl sites for hydroxylation is 1. The van der Waals surface area contributed by atoms with Gasteiger partial charge in [-0.15, -0.1) is 22.7 Å². The molecule has 2 fully saturated rings. The van der Waals surface area contributed by atoms with E-state index in [4.69, 9.17) is 4.74 Å². The fraction of sp³-hybridized carbons (Fsp3) is 0.263. The third kappa shape index (κ3) is 6.30. The molecule has 5 aromatic rings. The Labute approximate surface area is 300 Å². The summed E-state index contributed by atoms with van der Waals surface area (Å²) in [6, 6.07) is 15.7. The van der Waals surface area contributed by atoms with Crippen LogP contribution in [0.5, 0.6) is 0 Å². The number of nitrogens with one attached hydrogen (secondary N) is 2. The number of piperidine rings is 1. The summed E-state index contributed by atoms with van der Waals surface area (Å²) in [7, 11) is 0. The van der Waals surface area contributed by atoms with E-state index < -0.39 is 23.2 Å². The van der Waals surface area contributed by atoms with Gasteiger partial charge in [-0.2, -0.15) is 0 Å². The molecule has 1 spiro atoms. The van der Waals surface area contributed by atoms with E-state index in [1.165, 1.54) is 28.7 Å². The van der Waals surface area contributed by atoms with E-state index in [1.54, 1.807) is 41.4 Å². The van der Waals surface area contributed by atoms with E-state index in [9.17, 15) is 23.2 Å². The highest BCUT2D eigenvalue weighted by molar-refractivity contribution is 7.23. The number of anilines is 4. The maximum atomic E-state index is 14.2. The van der Waals surface area contributed by atoms with Crippen LogP contribution in [-0.2, 0) is 11.2 Å². The van der Waals surface area contributed by atoms with Crippen LogP contribution in [0.2, 0.25) is 0 Å². The van der Waals surface area contributed by atoms with Crippen molar-refractivity contribution in [3.05, 3.63) is 111 Å². The molecule has 260 valence electrons. The standard InChI is InChI=1S/C38H33F2N5O4S2/c1-22-17-26(34(41-19-22)44-14-11-38(12-15-44)20-49-21-38)35(46)42-25-7-5-23(6-8-25)37(48)45-13-9-24-18-30(51-32(24)33-29(45)10-16-50-33)36(47)43-31-27(39)3-2-4-28(31)40/h2-8,10,16-19H,9,11-15,20-21H2,1H3,(H,42,46)(H,43,47). The molecule has 9 nitrogen and oxygen atoms in total. The molecule has 2 N–H and O–H groups in total. The monoisotopic (exact) mass is 725 g/mol. The Balaban J connectivity index is 0.962. The molecule has 0 unspecified atom stereocenters. The van der Waals surface area contributed by atoms with Crippen molar-refractivity contribution in [1.82, 2.24) is 4.98 Å². The van der Waals surface area contributed by atoms with Crippen LogP contribution in [-0.4, -0.2) is 55.6 Å². The average molecular weight is 726 g/mol. The van der Waals surface area contributed by atoms with Crippen molar-refractivity contribution < 1.29 is 27.9 Å². The second-order valence-corrected chi connectivity index (χ2v) is 15.2. The number of ether oxygens (including phenoxy) is 1. The SMILES string of the molecule is Cc1cnc(N2CCC3(CC2)COC3)c(C(=O)Nc2ccc(C(=O)N3CCc4cc(C(=O)Nc5c(F)cccc5F)sc4-c4sccc43)cc2)c1. The molecule has 2 saturated heterocycles. The van der Waals surface area contributed by atoms with Crippen molar-refractivity contribution in [2.24, 2.45) is 5.41 Å². The second kappa shape index (κ2) is 13.3. The second-order valence-electron chi connectivity index (χ2n) is 13.3. The smallest absolute Gasteiger partial charge is 0.265 e. The van der Waals surface area contributed by atoms with Gasteiger partial charge in [0.2, 0.25) is 0 Å². The number of carbonyl (C=O) groups is 3. The summed E-state index contributed by atoms with van der Waals surface area (Å²) in [5.41, 5.74) is 3.80. The molecule has 0 bridgehead atoms. The lowest BCUT2D eigenvalue weighted by Gasteiger charge is -2.47. The Morgan fingerprint density at radius 1 is 0.902 bits per heavy atom. The Hall–Kier alpha value is -4.98. The normalized spacial score (nSPS) is 16.1. The van der Waals surface area contributed by atoms with Crippen molar-refractivity contribution in [3.8, 4) is 9.75 Å². The molecule has 13 heteroatoms. The molecule has 3 aliphatic rings. The van der Waals surface area contributed by atoms with Gasteiger partial charge < -0.3 is 25.2 Å². The lowest BCUT2D eigenvalue weighted by molar-refractivity contribution is -0.124. The molecule has 51 heavy (non-hydrogen) atoms. The molecule has 8 rings (SSSR count). The summed E-state index contributed by atoms with van der Waals surface area (Å²) in [6.07, 6.45) is 4.28. The molecular weight excluding hydrogens is 693 g/mol. The number of halogens is 2. The highest BCUT2D eigenvalue weighted by atomic mass is 32.1. The zero-order valence-electron chi connectivity index (χ0n) is 27.6. The highest BCUT2D eigenvalue weighted by Gasteiger charge is 2.42. The van der Waals surface area contributed by atoms with Crippen LogP contribution in [0.3, 0.4) is 0 Å². The lowest BCUT2D eigenvalue weighted by Crippen LogP contribution is -2.51. The van der Waals surface area contributed by atoms with Crippen LogP contribution in [0.25, 0.3) is 9.75 Å². The maximum Gasteiger partial charge on any atom is 0.265 e. The number of carbonyl (C=O) groups excluding carboxylic acids is 3. The van der Waals surface area contributed by atoms with Crippen LogP contribution in [0.4, 0.5) is 31.7 Å². The lowest BCUT2D eigenvalue weighted by atomic mass is 9.77. The van der Waals surface area contributed by atoms with Crippen molar-refractivity contribution >= 4 is 63.3 Å². The summed E-state index contributed by atoms with van der Waals surface area (Å²) >= 11 is 2.69. The zero-order valence-corrected chi connectivity index (χ0v) is 29.3. The zero-order chi connectivity index (χ0) is 35.3. The number of rotatable bonds is 6. The topological polar surface area (TPSA) is 104 Å². The number of benzene rings is 2. The largest absolute Gasteiger partial charge is 0.380 e. The van der Waals surface area contributed by atoms with Crippen molar-refractivity contribution in [3.63, 3.8) is 0 Å². The molecule has 3 aromatic heterocycles. The summed E-state index contributed by atoms with van der Waals surface area (Å²) < 4.78 is 33.8.